The fourth-order valence-corrected chi connectivity index (χ4v) is 5.43. The highest BCUT2D eigenvalue weighted by Gasteiger charge is 2.81. The second-order valence-electron chi connectivity index (χ2n) is 10.1. The molecule has 41 heavy (non-hydrogen) atoms. The smallest absolute Gasteiger partial charge is 0.288 e. The minimum absolute atomic E-state index is 0.101. The molecular formula is C21H36N6O14. The van der Waals surface area contributed by atoms with Gasteiger partial charge in [0.1, 0.15) is 48.8 Å². The van der Waals surface area contributed by atoms with Gasteiger partial charge in [0.05, 0.1) is 25.1 Å². The number of aliphatic imine (C=N–C) groups is 2. The third-order valence-electron chi connectivity index (χ3n) is 7.80. The van der Waals surface area contributed by atoms with Gasteiger partial charge < -0.3 is 77.2 Å². The fourth-order valence-electron chi connectivity index (χ4n) is 5.43. The summed E-state index contributed by atoms with van der Waals surface area (Å²) >= 11 is 0. The van der Waals surface area contributed by atoms with Crippen LogP contribution in [0, 0.1) is 0 Å². The molecule has 3 heterocycles. The van der Waals surface area contributed by atoms with E-state index in [-0.39, 0.29) is 6.29 Å². The number of hydrogen-bond acceptors (Lipinski definition) is 17. The minimum Gasteiger partial charge on any atom is -0.394 e. The van der Waals surface area contributed by atoms with Crippen molar-refractivity contribution in [3.05, 3.63) is 0 Å². The van der Waals surface area contributed by atoms with E-state index < -0.39 is 103 Å². The Hall–Kier alpha value is -2.15. The molecule has 4 aliphatic rings. The molecule has 3 saturated heterocycles. The van der Waals surface area contributed by atoms with Crippen molar-refractivity contribution in [2.24, 2.45) is 27.2 Å². The molecule has 20 heteroatoms. The molecule has 0 aromatic carbocycles. The van der Waals surface area contributed by atoms with Crippen LogP contribution in [0.15, 0.2) is 9.98 Å². The topological polar surface area (TPSA) is 329 Å². The number of nitrogens with two attached hydrogens (primary N) is 3. The van der Waals surface area contributed by atoms with Gasteiger partial charge in [0.25, 0.3) is 11.5 Å². The number of fused-ring (bicyclic) bond motifs is 1. The van der Waals surface area contributed by atoms with E-state index >= 15 is 0 Å². The summed E-state index contributed by atoms with van der Waals surface area (Å²) in [7, 11) is 1.40. The maximum absolute atomic E-state index is 12.1. The Morgan fingerprint density at radius 2 is 1.73 bits per heavy atom. The van der Waals surface area contributed by atoms with Gasteiger partial charge in [0.15, 0.2) is 30.4 Å². The summed E-state index contributed by atoms with van der Waals surface area (Å²) < 4.78 is 23.0. The highest BCUT2D eigenvalue weighted by molar-refractivity contribution is 5.76. The van der Waals surface area contributed by atoms with Crippen molar-refractivity contribution in [3.8, 4) is 0 Å². The van der Waals surface area contributed by atoms with Crippen molar-refractivity contribution in [1.29, 1.82) is 0 Å². The van der Waals surface area contributed by atoms with Crippen LogP contribution >= 0.6 is 0 Å². The lowest BCUT2D eigenvalue weighted by molar-refractivity contribution is -0.652. The van der Waals surface area contributed by atoms with E-state index in [0.717, 1.165) is 6.34 Å². The Morgan fingerprint density at radius 1 is 1.05 bits per heavy atom. The number of guanidine groups is 1. The molecule has 0 bridgehead atoms. The predicted molar refractivity (Wildman–Crippen MR) is 130 cm³/mol. The molecule has 14 N–H and O–H groups in total. The van der Waals surface area contributed by atoms with Crippen LogP contribution < -0.4 is 22.5 Å². The highest BCUT2D eigenvalue weighted by Crippen LogP contribution is 2.55. The Morgan fingerprint density at radius 3 is 2.24 bits per heavy atom. The van der Waals surface area contributed by atoms with Gasteiger partial charge in [-0.2, -0.15) is 9.78 Å². The molecule has 1 aliphatic carbocycles. The van der Waals surface area contributed by atoms with Gasteiger partial charge in [-0.25, -0.2) is 4.99 Å². The Balaban J connectivity index is 1.73. The van der Waals surface area contributed by atoms with Crippen molar-refractivity contribution >= 4 is 18.6 Å². The molecule has 0 amide bonds. The second-order valence-corrected chi connectivity index (χ2v) is 10.1. The molecule has 4 rings (SSSR count). The maximum Gasteiger partial charge on any atom is 0.288 e. The molecule has 15 atom stereocenters. The zero-order chi connectivity index (χ0) is 30.5. The van der Waals surface area contributed by atoms with Crippen molar-refractivity contribution in [3.63, 3.8) is 0 Å². The first kappa shape index (κ1) is 31.8. The van der Waals surface area contributed by atoms with Gasteiger partial charge in [-0.1, -0.05) is 0 Å². The summed E-state index contributed by atoms with van der Waals surface area (Å²) in [5.41, 5.74) is 11.4. The van der Waals surface area contributed by atoms with Gasteiger partial charge in [-0.05, 0) is 14.0 Å². The van der Waals surface area contributed by atoms with E-state index in [2.05, 4.69) is 15.3 Å². The van der Waals surface area contributed by atoms with Crippen molar-refractivity contribution in [2.75, 3.05) is 13.7 Å². The summed E-state index contributed by atoms with van der Waals surface area (Å²) in [6, 6.07) is -2.71. The number of likely N-dealkylation sites (N-methyl/N-ethyl adjacent to an activating group) is 1. The first-order valence-electron chi connectivity index (χ1n) is 12.5. The van der Waals surface area contributed by atoms with Crippen molar-refractivity contribution in [2.45, 2.75) is 97.5 Å². The van der Waals surface area contributed by atoms with E-state index in [1.54, 1.807) is 0 Å². The summed E-state index contributed by atoms with van der Waals surface area (Å²) in [4.78, 5) is 29.9. The van der Waals surface area contributed by atoms with E-state index in [4.69, 9.17) is 45.9 Å². The standard InChI is InChI=1S/C21H36N6O14/c1-6-19(35,4-29)15(38-16-9(25-2)11(31)10(30)7(3-28)37-16)17(36-6)39-21-14(34)12(32)8(26-5-22)13(33)20(21,40-41-21)27-18(23)24/h4-17,25,28,30-35H,3H2,1-2H3,(H2,22,26)(H4,23,24,27)/t6-,7-,8+,9-,10-,11-,12-,13+,14+,15-,16-,17-,19+,20-,21+/m0/s1. The van der Waals surface area contributed by atoms with Crippen LogP contribution in [0.4, 0.5) is 0 Å². The summed E-state index contributed by atoms with van der Waals surface area (Å²) in [6.45, 7) is 0.556. The van der Waals surface area contributed by atoms with Gasteiger partial charge >= 0.3 is 0 Å². The lowest BCUT2D eigenvalue weighted by Crippen LogP contribution is -2.85. The van der Waals surface area contributed by atoms with Crippen molar-refractivity contribution in [1.82, 2.24) is 5.32 Å². The molecule has 234 valence electrons. The Kier molecular flexibility index (Phi) is 8.91. The number of aliphatic hydroxyl groups excluding tert-OH is 6. The molecule has 0 aromatic rings. The second kappa shape index (κ2) is 11.5. The molecule has 0 radical (unpaired) electrons. The van der Waals surface area contributed by atoms with Gasteiger partial charge in [-0.3, -0.25) is 9.79 Å². The van der Waals surface area contributed by atoms with E-state index in [0.29, 0.717) is 0 Å². The minimum atomic E-state index is -2.66. The number of aldehydes is 1. The van der Waals surface area contributed by atoms with Crippen LogP contribution in [-0.4, -0.2) is 159 Å². The molecule has 0 spiro atoms. The lowest BCUT2D eigenvalue weighted by atomic mass is 9.75. The average Bonchev–Trinajstić information content (AvgIpc) is 3.17. The molecule has 3 aliphatic heterocycles. The molecule has 4 fully saturated rings. The van der Waals surface area contributed by atoms with E-state index in [9.17, 15) is 40.5 Å². The first-order valence-corrected chi connectivity index (χ1v) is 12.5. The van der Waals surface area contributed by atoms with Crippen LogP contribution in [0.25, 0.3) is 0 Å². The van der Waals surface area contributed by atoms with Crippen LogP contribution in [0.3, 0.4) is 0 Å². The number of nitrogens with one attached hydrogen (secondary N) is 1. The van der Waals surface area contributed by atoms with Gasteiger partial charge in [0.2, 0.25) is 0 Å². The summed E-state index contributed by atoms with van der Waals surface area (Å²) in [5.74, 6) is -3.33. The SMILES string of the molecule is CN[C@@H]1[C@H](O[C@H]2[C@H](O[C@]34OO[C@@]3(N=C(N)N)[C@H](O)[C@H](N=CN)[C@H](O)[C@H]4O)O[C@@H](C)[C@]2(O)C=O)O[C@@H](CO)[C@H](O)[C@H]1O. The largest absolute Gasteiger partial charge is 0.394 e. The average molecular weight is 597 g/mol. The van der Waals surface area contributed by atoms with Crippen LogP contribution in [0.2, 0.25) is 0 Å². The number of nitrogens with zero attached hydrogens (tertiary/aromatic N) is 2. The fraction of sp³-hybridized carbons (Fsp3) is 0.857. The van der Waals surface area contributed by atoms with Gasteiger partial charge in [0, 0.05) is 0 Å². The summed E-state index contributed by atoms with van der Waals surface area (Å²) in [6.07, 6.45) is -16.2. The van der Waals surface area contributed by atoms with Crippen molar-refractivity contribution < 1.29 is 69.3 Å². The number of carbonyl (C=O) groups excluding carboxylic acids is 1. The third-order valence-corrected chi connectivity index (χ3v) is 7.80. The number of carbonyl (C=O) groups is 1. The lowest BCUT2D eigenvalue weighted by Gasteiger charge is -2.61. The summed E-state index contributed by atoms with van der Waals surface area (Å²) in [5, 5.41) is 77.3. The monoisotopic (exact) mass is 596 g/mol. The molecule has 1 saturated carbocycles. The number of rotatable bonds is 9. The van der Waals surface area contributed by atoms with Gasteiger partial charge in [-0.15, -0.1) is 0 Å². The first-order chi connectivity index (χ1) is 19.3. The number of aliphatic hydroxyl groups is 7. The predicted octanol–water partition coefficient (Wildman–Crippen LogP) is -7.83. The Labute approximate surface area is 232 Å². The Bertz CT molecular complexity index is 1020. The molecule has 0 aromatic heterocycles. The molecule has 20 nitrogen and oxygen atoms in total. The number of ether oxygens (including phenoxy) is 4. The maximum atomic E-state index is 12.1. The zero-order valence-corrected chi connectivity index (χ0v) is 21.9. The normalized spacial score (nSPS) is 51.6. The molecular weight excluding hydrogens is 560 g/mol. The van der Waals surface area contributed by atoms with Crippen LogP contribution in [0.1, 0.15) is 6.92 Å². The number of hydrogen-bond donors (Lipinski definition) is 11. The molecule has 0 unspecified atom stereocenters. The van der Waals surface area contributed by atoms with E-state index in [1.807, 2.05) is 0 Å². The third kappa shape index (κ3) is 4.69. The van der Waals surface area contributed by atoms with Crippen LogP contribution in [-0.2, 0) is 33.5 Å². The van der Waals surface area contributed by atoms with Crippen LogP contribution in [0.5, 0.6) is 0 Å². The quantitative estimate of drug-likeness (QED) is 0.0509. The van der Waals surface area contributed by atoms with E-state index in [1.165, 1.54) is 14.0 Å². The zero-order valence-electron chi connectivity index (χ0n) is 21.9. The highest BCUT2D eigenvalue weighted by atomic mass is 17.3.